The molecule has 0 bridgehead atoms. The summed E-state index contributed by atoms with van der Waals surface area (Å²) in [5, 5.41) is 3.49. The van der Waals surface area contributed by atoms with E-state index in [1.165, 1.54) is 22.0 Å². The fraction of sp³-hybridized carbons (Fsp3) is 0.538. The Balaban J connectivity index is 1.78. The zero-order chi connectivity index (χ0) is 11.4. The Morgan fingerprint density at radius 3 is 3.06 bits per heavy atom. The van der Waals surface area contributed by atoms with E-state index in [4.69, 9.17) is 4.74 Å². The van der Waals surface area contributed by atoms with Gasteiger partial charge in [-0.2, -0.15) is 0 Å². The predicted molar refractivity (Wildman–Crippen MR) is 69.5 cm³/mol. The molecule has 1 aliphatic rings. The van der Waals surface area contributed by atoms with Gasteiger partial charge in [0.25, 0.3) is 0 Å². The van der Waals surface area contributed by atoms with Crippen molar-refractivity contribution in [1.29, 1.82) is 0 Å². The van der Waals surface area contributed by atoms with Crippen LogP contribution < -0.4 is 5.32 Å². The summed E-state index contributed by atoms with van der Waals surface area (Å²) in [5.74, 6) is 0.705. The van der Waals surface area contributed by atoms with E-state index in [1.54, 1.807) is 0 Å². The fourth-order valence-corrected chi connectivity index (χ4v) is 2.23. The van der Waals surface area contributed by atoms with E-state index in [9.17, 15) is 0 Å². The van der Waals surface area contributed by atoms with Crippen LogP contribution in [0.2, 0.25) is 0 Å². The third kappa shape index (κ3) is 3.30. The molecule has 1 aliphatic heterocycles. The molecule has 2 rings (SSSR count). The zero-order valence-electron chi connectivity index (χ0n) is 9.63. The Labute approximate surface area is 106 Å². The van der Waals surface area contributed by atoms with Crippen molar-refractivity contribution in [2.24, 2.45) is 5.92 Å². The molecule has 1 atom stereocenters. The molecule has 88 valence electrons. The lowest BCUT2D eigenvalue weighted by Gasteiger charge is -2.10. The van der Waals surface area contributed by atoms with Crippen molar-refractivity contribution in [3.63, 3.8) is 0 Å². The van der Waals surface area contributed by atoms with Crippen molar-refractivity contribution in [3.05, 3.63) is 33.8 Å². The molecule has 2 nitrogen and oxygen atoms in total. The van der Waals surface area contributed by atoms with Gasteiger partial charge in [-0.1, -0.05) is 28.1 Å². The minimum Gasteiger partial charge on any atom is -0.381 e. The molecule has 0 radical (unpaired) electrons. The number of rotatable bonds is 4. The standard InChI is InChI=1S/C13H18BrNO/c1-10-6-11(2-3-13(10)14)7-15-8-12-4-5-16-9-12/h2-3,6,12,15H,4-5,7-9H2,1H3. The average Bonchev–Trinajstić information content (AvgIpc) is 2.76. The van der Waals surface area contributed by atoms with Gasteiger partial charge in [0.05, 0.1) is 6.61 Å². The fourth-order valence-electron chi connectivity index (χ4n) is 1.98. The van der Waals surface area contributed by atoms with Gasteiger partial charge in [-0.25, -0.2) is 0 Å². The van der Waals surface area contributed by atoms with Gasteiger partial charge in [-0.05, 0) is 36.5 Å². The quantitative estimate of drug-likeness (QED) is 0.918. The van der Waals surface area contributed by atoms with Crippen LogP contribution in [0, 0.1) is 12.8 Å². The van der Waals surface area contributed by atoms with Crippen LogP contribution in [0.5, 0.6) is 0 Å². The summed E-state index contributed by atoms with van der Waals surface area (Å²) < 4.78 is 6.53. The molecule has 0 spiro atoms. The molecular weight excluding hydrogens is 266 g/mol. The van der Waals surface area contributed by atoms with Gasteiger partial charge in [0.15, 0.2) is 0 Å². The van der Waals surface area contributed by atoms with E-state index >= 15 is 0 Å². The maximum absolute atomic E-state index is 5.35. The lowest BCUT2D eigenvalue weighted by molar-refractivity contribution is 0.185. The first kappa shape index (κ1) is 12.1. The molecule has 0 aliphatic carbocycles. The van der Waals surface area contributed by atoms with Crippen LogP contribution in [-0.4, -0.2) is 19.8 Å². The van der Waals surface area contributed by atoms with E-state index < -0.39 is 0 Å². The van der Waals surface area contributed by atoms with Crippen molar-refractivity contribution in [1.82, 2.24) is 5.32 Å². The molecule has 1 unspecified atom stereocenters. The smallest absolute Gasteiger partial charge is 0.0507 e. The molecule has 0 saturated carbocycles. The third-order valence-corrected chi connectivity index (χ3v) is 3.90. The highest BCUT2D eigenvalue weighted by molar-refractivity contribution is 9.10. The molecule has 1 fully saturated rings. The van der Waals surface area contributed by atoms with Crippen LogP contribution in [-0.2, 0) is 11.3 Å². The van der Waals surface area contributed by atoms with Crippen molar-refractivity contribution in [2.75, 3.05) is 19.8 Å². The van der Waals surface area contributed by atoms with Crippen LogP contribution in [0.4, 0.5) is 0 Å². The van der Waals surface area contributed by atoms with Crippen LogP contribution in [0.3, 0.4) is 0 Å². The van der Waals surface area contributed by atoms with Gasteiger partial charge in [-0.15, -0.1) is 0 Å². The van der Waals surface area contributed by atoms with E-state index in [-0.39, 0.29) is 0 Å². The largest absolute Gasteiger partial charge is 0.381 e. The minimum atomic E-state index is 0.705. The van der Waals surface area contributed by atoms with Gasteiger partial charge in [0, 0.05) is 24.2 Å². The highest BCUT2D eigenvalue weighted by atomic mass is 79.9. The van der Waals surface area contributed by atoms with E-state index in [1.807, 2.05) is 0 Å². The van der Waals surface area contributed by atoms with Crippen LogP contribution in [0.1, 0.15) is 17.5 Å². The molecule has 16 heavy (non-hydrogen) atoms. The lowest BCUT2D eigenvalue weighted by Crippen LogP contribution is -2.22. The van der Waals surface area contributed by atoms with Gasteiger partial charge >= 0.3 is 0 Å². The van der Waals surface area contributed by atoms with E-state index in [0.717, 1.165) is 26.3 Å². The number of ether oxygens (including phenoxy) is 1. The topological polar surface area (TPSA) is 21.3 Å². The van der Waals surface area contributed by atoms with Crippen LogP contribution in [0.25, 0.3) is 0 Å². The van der Waals surface area contributed by atoms with E-state index in [0.29, 0.717) is 5.92 Å². The van der Waals surface area contributed by atoms with Crippen molar-refractivity contribution < 1.29 is 4.74 Å². The van der Waals surface area contributed by atoms with Crippen LogP contribution >= 0.6 is 15.9 Å². The summed E-state index contributed by atoms with van der Waals surface area (Å²) in [4.78, 5) is 0. The Hall–Kier alpha value is -0.380. The number of hydrogen-bond donors (Lipinski definition) is 1. The second kappa shape index (κ2) is 5.80. The normalized spacial score (nSPS) is 20.2. The van der Waals surface area contributed by atoms with Gasteiger partial charge in [-0.3, -0.25) is 0 Å². The molecule has 0 aromatic heterocycles. The van der Waals surface area contributed by atoms with Crippen molar-refractivity contribution in [3.8, 4) is 0 Å². The summed E-state index contributed by atoms with van der Waals surface area (Å²) in [6.07, 6.45) is 1.20. The Kier molecular flexibility index (Phi) is 4.38. The highest BCUT2D eigenvalue weighted by Gasteiger charge is 2.14. The van der Waals surface area contributed by atoms with E-state index in [2.05, 4.69) is 46.4 Å². The summed E-state index contributed by atoms with van der Waals surface area (Å²) in [6.45, 7) is 5.99. The number of halogens is 1. The lowest BCUT2D eigenvalue weighted by atomic mass is 10.1. The van der Waals surface area contributed by atoms with Gasteiger partial charge in [0.2, 0.25) is 0 Å². The summed E-state index contributed by atoms with van der Waals surface area (Å²) >= 11 is 3.51. The molecular formula is C13H18BrNO. The second-order valence-electron chi connectivity index (χ2n) is 4.44. The Bertz CT molecular complexity index is 348. The summed E-state index contributed by atoms with van der Waals surface area (Å²) in [5.41, 5.74) is 2.64. The summed E-state index contributed by atoms with van der Waals surface area (Å²) in [7, 11) is 0. The first-order chi connectivity index (χ1) is 7.75. The molecule has 1 N–H and O–H groups in total. The zero-order valence-corrected chi connectivity index (χ0v) is 11.2. The molecule has 3 heteroatoms. The number of aryl methyl sites for hydroxylation is 1. The monoisotopic (exact) mass is 283 g/mol. The van der Waals surface area contributed by atoms with Crippen molar-refractivity contribution >= 4 is 15.9 Å². The second-order valence-corrected chi connectivity index (χ2v) is 5.30. The van der Waals surface area contributed by atoms with Crippen LogP contribution in [0.15, 0.2) is 22.7 Å². The molecule has 0 amide bonds. The SMILES string of the molecule is Cc1cc(CNCC2CCOC2)ccc1Br. The van der Waals surface area contributed by atoms with Crippen molar-refractivity contribution in [2.45, 2.75) is 19.9 Å². The molecule has 1 heterocycles. The predicted octanol–water partition coefficient (Wildman–Crippen LogP) is 2.88. The number of nitrogens with one attached hydrogen (secondary N) is 1. The molecule has 1 saturated heterocycles. The minimum absolute atomic E-state index is 0.705. The third-order valence-electron chi connectivity index (χ3n) is 3.01. The highest BCUT2D eigenvalue weighted by Crippen LogP contribution is 2.17. The van der Waals surface area contributed by atoms with Gasteiger partial charge in [0.1, 0.15) is 0 Å². The first-order valence-corrected chi connectivity index (χ1v) is 6.58. The molecule has 1 aromatic rings. The summed E-state index contributed by atoms with van der Waals surface area (Å²) in [6, 6.07) is 6.50. The average molecular weight is 284 g/mol. The number of hydrogen-bond acceptors (Lipinski definition) is 2. The Morgan fingerprint density at radius 2 is 2.38 bits per heavy atom. The Morgan fingerprint density at radius 1 is 1.50 bits per heavy atom. The maximum Gasteiger partial charge on any atom is 0.0507 e. The maximum atomic E-state index is 5.35. The first-order valence-electron chi connectivity index (χ1n) is 5.79. The number of benzene rings is 1. The molecule has 1 aromatic carbocycles. The van der Waals surface area contributed by atoms with Gasteiger partial charge < -0.3 is 10.1 Å².